The Morgan fingerprint density at radius 3 is 3.09 bits per heavy atom. The summed E-state index contributed by atoms with van der Waals surface area (Å²) in [5, 5.41) is 4.25. The zero-order valence-electron chi connectivity index (χ0n) is 12.4. The molecule has 1 fully saturated rings. The van der Waals surface area contributed by atoms with Gasteiger partial charge in [-0.1, -0.05) is 6.07 Å². The molecule has 22 heavy (non-hydrogen) atoms. The third kappa shape index (κ3) is 2.88. The lowest BCUT2D eigenvalue weighted by Gasteiger charge is -2.32. The summed E-state index contributed by atoms with van der Waals surface area (Å²) in [5.41, 5.74) is 2.10. The molecular weight excluding hydrogens is 278 g/mol. The zero-order chi connectivity index (χ0) is 14.8. The van der Waals surface area contributed by atoms with E-state index in [-0.39, 0.29) is 6.10 Å². The molecule has 0 spiro atoms. The fraction of sp³-hybridized carbons (Fsp3) is 0.375. The van der Waals surface area contributed by atoms with Gasteiger partial charge < -0.3 is 9.14 Å². The predicted octanol–water partition coefficient (Wildman–Crippen LogP) is 1.43. The highest BCUT2D eigenvalue weighted by atomic mass is 16.5. The topological polar surface area (TPSA) is 47.6 Å². The van der Waals surface area contributed by atoms with Crippen molar-refractivity contribution < 1.29 is 4.74 Å². The molecule has 6 heteroatoms. The summed E-state index contributed by atoms with van der Waals surface area (Å²) < 4.78 is 9.85. The minimum absolute atomic E-state index is 0.186. The van der Waals surface area contributed by atoms with Gasteiger partial charge in [0.1, 0.15) is 5.65 Å². The van der Waals surface area contributed by atoms with E-state index in [1.54, 1.807) is 6.20 Å². The fourth-order valence-electron chi connectivity index (χ4n) is 2.94. The Labute approximate surface area is 128 Å². The Morgan fingerprint density at radius 1 is 1.23 bits per heavy atom. The maximum absolute atomic E-state index is 5.85. The van der Waals surface area contributed by atoms with Gasteiger partial charge in [-0.15, -0.1) is 0 Å². The zero-order valence-corrected chi connectivity index (χ0v) is 12.4. The molecule has 1 atom stereocenters. The first-order chi connectivity index (χ1) is 10.9. The van der Waals surface area contributed by atoms with Gasteiger partial charge in [-0.05, 0) is 18.2 Å². The summed E-state index contributed by atoms with van der Waals surface area (Å²) in [4.78, 5) is 7.07. The Kier molecular flexibility index (Phi) is 3.62. The number of fused-ring (bicyclic) bond motifs is 1. The number of hydrogen-bond donors (Lipinski definition) is 0. The lowest BCUT2D eigenvalue weighted by atomic mass is 10.2. The predicted molar refractivity (Wildman–Crippen MR) is 82.4 cm³/mol. The van der Waals surface area contributed by atoms with E-state index in [2.05, 4.69) is 25.6 Å². The third-order valence-corrected chi connectivity index (χ3v) is 3.97. The molecule has 0 amide bonds. The van der Waals surface area contributed by atoms with Gasteiger partial charge in [-0.25, -0.2) is 4.98 Å². The van der Waals surface area contributed by atoms with Crippen LogP contribution >= 0.6 is 0 Å². The lowest BCUT2D eigenvalue weighted by molar-refractivity contribution is -0.0405. The molecule has 1 aliphatic heterocycles. The molecule has 0 aliphatic carbocycles. The Bertz CT molecular complexity index is 703. The Hall–Kier alpha value is -2.18. The SMILES string of the molecule is c1ccn2cc(CN3CCO[C@H](Cn4cccn4)C3)nc2c1. The molecule has 0 bridgehead atoms. The van der Waals surface area contributed by atoms with Crippen LogP contribution in [0.5, 0.6) is 0 Å². The van der Waals surface area contributed by atoms with Gasteiger partial charge in [0.05, 0.1) is 24.9 Å². The highest BCUT2D eigenvalue weighted by Gasteiger charge is 2.21. The molecule has 0 aromatic carbocycles. The Morgan fingerprint density at radius 2 is 2.23 bits per heavy atom. The normalized spacial score (nSPS) is 19.7. The second kappa shape index (κ2) is 5.90. The van der Waals surface area contributed by atoms with Crippen molar-refractivity contribution in [3.8, 4) is 0 Å². The number of morpholine rings is 1. The van der Waals surface area contributed by atoms with Crippen LogP contribution in [0.15, 0.2) is 49.1 Å². The smallest absolute Gasteiger partial charge is 0.137 e. The maximum Gasteiger partial charge on any atom is 0.137 e. The number of pyridine rings is 1. The molecule has 0 radical (unpaired) electrons. The van der Waals surface area contributed by atoms with Crippen LogP contribution in [-0.2, 0) is 17.8 Å². The summed E-state index contributed by atoms with van der Waals surface area (Å²) in [5.74, 6) is 0. The van der Waals surface area contributed by atoms with Gasteiger partial charge >= 0.3 is 0 Å². The molecule has 1 aliphatic rings. The quantitative estimate of drug-likeness (QED) is 0.731. The fourth-order valence-corrected chi connectivity index (χ4v) is 2.94. The number of hydrogen-bond acceptors (Lipinski definition) is 4. The monoisotopic (exact) mass is 297 g/mol. The molecule has 1 saturated heterocycles. The van der Waals surface area contributed by atoms with Crippen molar-refractivity contribution >= 4 is 5.65 Å². The van der Waals surface area contributed by atoms with Crippen LogP contribution in [0, 0.1) is 0 Å². The van der Waals surface area contributed by atoms with E-state index >= 15 is 0 Å². The highest BCUT2D eigenvalue weighted by molar-refractivity contribution is 5.39. The van der Waals surface area contributed by atoms with Crippen molar-refractivity contribution in [2.75, 3.05) is 19.7 Å². The second-order valence-electron chi connectivity index (χ2n) is 5.65. The molecule has 0 unspecified atom stereocenters. The van der Waals surface area contributed by atoms with Crippen LogP contribution in [-0.4, -0.2) is 49.9 Å². The summed E-state index contributed by atoms with van der Waals surface area (Å²) in [6, 6.07) is 8.01. The highest BCUT2D eigenvalue weighted by Crippen LogP contribution is 2.12. The van der Waals surface area contributed by atoms with E-state index in [9.17, 15) is 0 Å². The molecule has 0 N–H and O–H groups in total. The molecule has 4 rings (SSSR count). The molecule has 3 aromatic rings. The maximum atomic E-state index is 5.85. The molecular formula is C16H19N5O. The first kappa shape index (κ1) is 13.5. The molecule has 0 saturated carbocycles. The summed E-state index contributed by atoms with van der Waals surface area (Å²) >= 11 is 0. The van der Waals surface area contributed by atoms with Crippen LogP contribution < -0.4 is 0 Å². The first-order valence-corrected chi connectivity index (χ1v) is 7.61. The molecule has 3 aromatic heterocycles. The van der Waals surface area contributed by atoms with Crippen LogP contribution in [0.4, 0.5) is 0 Å². The van der Waals surface area contributed by atoms with E-state index in [0.29, 0.717) is 0 Å². The van der Waals surface area contributed by atoms with Gasteiger partial charge in [-0.3, -0.25) is 9.58 Å². The minimum Gasteiger partial charge on any atom is -0.374 e. The van der Waals surface area contributed by atoms with Gasteiger partial charge in [0.15, 0.2) is 0 Å². The number of imidazole rings is 1. The van der Waals surface area contributed by atoms with Crippen LogP contribution in [0.1, 0.15) is 5.69 Å². The average molecular weight is 297 g/mol. The van der Waals surface area contributed by atoms with Crippen molar-refractivity contribution in [1.82, 2.24) is 24.1 Å². The second-order valence-corrected chi connectivity index (χ2v) is 5.65. The standard InChI is InChI=1S/C16H19N5O/c1-2-6-20-11-14(18-16(20)4-1)10-19-8-9-22-15(12-19)13-21-7-3-5-17-21/h1-7,11,15H,8-10,12-13H2/t15-/m0/s1. The summed E-state index contributed by atoms with van der Waals surface area (Å²) in [6.07, 6.45) is 8.10. The van der Waals surface area contributed by atoms with Gasteiger partial charge in [0.25, 0.3) is 0 Å². The van der Waals surface area contributed by atoms with Gasteiger partial charge in [-0.2, -0.15) is 5.10 Å². The van der Waals surface area contributed by atoms with Crippen molar-refractivity contribution in [2.24, 2.45) is 0 Å². The van der Waals surface area contributed by atoms with E-state index < -0.39 is 0 Å². The van der Waals surface area contributed by atoms with Crippen molar-refractivity contribution in [3.05, 3.63) is 54.7 Å². The van der Waals surface area contributed by atoms with Crippen LogP contribution in [0.3, 0.4) is 0 Å². The van der Waals surface area contributed by atoms with E-state index in [1.807, 2.05) is 41.3 Å². The molecule has 6 nitrogen and oxygen atoms in total. The van der Waals surface area contributed by atoms with E-state index in [0.717, 1.165) is 44.1 Å². The van der Waals surface area contributed by atoms with E-state index in [4.69, 9.17) is 4.74 Å². The first-order valence-electron chi connectivity index (χ1n) is 7.61. The summed E-state index contributed by atoms with van der Waals surface area (Å²) in [7, 11) is 0. The van der Waals surface area contributed by atoms with Crippen LogP contribution in [0.25, 0.3) is 5.65 Å². The van der Waals surface area contributed by atoms with Crippen molar-refractivity contribution in [1.29, 1.82) is 0 Å². The number of rotatable bonds is 4. The molecule has 114 valence electrons. The summed E-state index contributed by atoms with van der Waals surface area (Å²) in [6.45, 7) is 4.28. The average Bonchev–Trinajstić information content (AvgIpc) is 3.16. The number of ether oxygens (including phenoxy) is 1. The van der Waals surface area contributed by atoms with Crippen molar-refractivity contribution in [3.63, 3.8) is 0 Å². The van der Waals surface area contributed by atoms with Crippen molar-refractivity contribution in [2.45, 2.75) is 19.2 Å². The van der Waals surface area contributed by atoms with E-state index in [1.165, 1.54) is 0 Å². The largest absolute Gasteiger partial charge is 0.374 e. The lowest BCUT2D eigenvalue weighted by Crippen LogP contribution is -2.43. The van der Waals surface area contributed by atoms with Crippen LogP contribution in [0.2, 0.25) is 0 Å². The number of aromatic nitrogens is 4. The van der Waals surface area contributed by atoms with Gasteiger partial charge in [0, 0.05) is 44.4 Å². The Balaban J connectivity index is 1.41. The van der Waals surface area contributed by atoms with Gasteiger partial charge in [0.2, 0.25) is 0 Å². The minimum atomic E-state index is 0.186. The molecule has 4 heterocycles. The number of nitrogens with zero attached hydrogens (tertiary/aromatic N) is 5. The third-order valence-electron chi connectivity index (χ3n) is 3.97.